The van der Waals surface area contributed by atoms with Crippen molar-refractivity contribution in [2.24, 2.45) is 0 Å². The summed E-state index contributed by atoms with van der Waals surface area (Å²) in [5.41, 5.74) is 0. The van der Waals surface area contributed by atoms with Crippen LogP contribution < -0.4 is 53.5 Å². The molecule has 12 nitrogen and oxygen atoms in total. The van der Waals surface area contributed by atoms with Gasteiger partial charge in [-0.1, -0.05) is 30.0 Å². The maximum absolute atomic E-state index is 10.6. The van der Waals surface area contributed by atoms with E-state index in [0.717, 1.165) is 30.0 Å². The molecule has 3 aliphatic rings. The molecule has 3 fully saturated rings. The normalized spacial score (nSPS) is 25.0. The van der Waals surface area contributed by atoms with Crippen LogP contribution in [-0.2, 0) is 51.8 Å². The number of aliphatic hydroxyl groups excluding tert-OH is 1. The van der Waals surface area contributed by atoms with Crippen LogP contribution in [0.1, 0.15) is 68.2 Å². The van der Waals surface area contributed by atoms with Gasteiger partial charge in [-0.25, -0.2) is 8.42 Å². The summed E-state index contributed by atoms with van der Waals surface area (Å²) in [6.45, 7) is 13.5. The van der Waals surface area contributed by atoms with E-state index in [1.54, 1.807) is 0 Å². The number of hydrogen-bond acceptors (Lipinski definition) is 12. The summed E-state index contributed by atoms with van der Waals surface area (Å²) in [6, 6.07) is 0. The first-order chi connectivity index (χ1) is 17.6. The molecule has 18 heteroatoms. The average Bonchev–Trinajstić information content (AvgIpc) is 3.37. The van der Waals surface area contributed by atoms with Gasteiger partial charge < -0.3 is 57.5 Å². The Morgan fingerprint density at radius 1 is 0.786 bits per heavy atom. The third kappa shape index (κ3) is 31.0. The molecule has 3 atom stereocenters. The third-order valence-electron chi connectivity index (χ3n) is 4.82. The number of alkyl halides is 1. The van der Waals surface area contributed by atoms with Crippen molar-refractivity contribution in [3.8, 4) is 0 Å². The van der Waals surface area contributed by atoms with Crippen molar-refractivity contribution in [3.63, 3.8) is 0 Å². The van der Waals surface area contributed by atoms with Gasteiger partial charge in [-0.05, 0) is 54.4 Å². The molecular weight excluding hydrogens is 857 g/mol. The van der Waals surface area contributed by atoms with Crippen molar-refractivity contribution < 1.29 is 108 Å². The second kappa shape index (κ2) is 23.6. The van der Waals surface area contributed by atoms with E-state index >= 15 is 0 Å². The summed E-state index contributed by atoms with van der Waals surface area (Å²) in [5, 5.41) is 8.56. The smallest absolute Gasteiger partial charge is 1.00 e. The zero-order valence-electron chi connectivity index (χ0n) is 25.5. The molecule has 42 heavy (non-hydrogen) atoms. The molecule has 3 rings (SSSR count). The van der Waals surface area contributed by atoms with Crippen molar-refractivity contribution in [3.05, 3.63) is 0 Å². The van der Waals surface area contributed by atoms with Gasteiger partial charge in [0.1, 0.15) is 0 Å². The van der Waals surface area contributed by atoms with Crippen LogP contribution in [0.3, 0.4) is 0 Å². The molecule has 0 aromatic carbocycles. The minimum absolute atomic E-state index is 0. The van der Waals surface area contributed by atoms with Crippen LogP contribution >= 0.6 is 33.3 Å². The molecule has 0 spiro atoms. The topological polar surface area (TPSA) is 153 Å². The first kappa shape index (κ1) is 51.2. The number of aliphatic hydroxyl groups is 1. The Morgan fingerprint density at radius 3 is 1.33 bits per heavy atom. The SMILES string of the molecule is C.CC1(C)OC[C@H](CCI)O1.CC1(C)OC[C@H](CCO)O1.CC1(C)OC[C@H](CCOS(C)(=O)=O)O1.CS(=O)(=O)Cl.[I-].[Na+]. The first-order valence-electron chi connectivity index (χ1n) is 12.4. The van der Waals surface area contributed by atoms with Gasteiger partial charge in [-0.2, -0.15) is 8.42 Å². The van der Waals surface area contributed by atoms with Gasteiger partial charge in [0.15, 0.2) is 17.4 Å². The summed E-state index contributed by atoms with van der Waals surface area (Å²) in [5.74, 6) is -1.34. The Labute approximate surface area is 311 Å². The zero-order valence-corrected chi connectivity index (χ0v) is 34.2. The van der Waals surface area contributed by atoms with E-state index < -0.39 is 30.7 Å². The van der Waals surface area contributed by atoms with Gasteiger partial charge in [0.25, 0.3) is 10.1 Å². The maximum Gasteiger partial charge on any atom is 1.00 e. The number of ether oxygens (including phenoxy) is 6. The molecule has 0 saturated carbocycles. The molecule has 3 saturated heterocycles. The summed E-state index contributed by atoms with van der Waals surface area (Å²) < 4.78 is 78.2. The number of halogens is 3. The number of hydrogen-bond donors (Lipinski definition) is 1. The van der Waals surface area contributed by atoms with Crippen LogP contribution in [0.5, 0.6) is 0 Å². The van der Waals surface area contributed by atoms with Gasteiger partial charge in [0.2, 0.25) is 9.05 Å². The van der Waals surface area contributed by atoms with Crippen molar-refractivity contribution >= 4 is 52.4 Å². The fourth-order valence-electron chi connectivity index (χ4n) is 3.31. The predicted molar refractivity (Wildman–Crippen MR) is 163 cm³/mol. The molecule has 3 aliphatic heterocycles. The Balaban J connectivity index is -0.000000234. The Morgan fingerprint density at radius 2 is 1.10 bits per heavy atom. The van der Waals surface area contributed by atoms with Crippen LogP contribution in [-0.4, -0.2) is 108 Å². The van der Waals surface area contributed by atoms with Crippen LogP contribution in [0, 0.1) is 0 Å². The molecule has 0 aromatic heterocycles. The largest absolute Gasteiger partial charge is 1.00 e. The molecule has 0 bridgehead atoms. The Hall–Kier alpha value is 2.33. The van der Waals surface area contributed by atoms with Crippen molar-refractivity contribution in [1.82, 2.24) is 0 Å². The van der Waals surface area contributed by atoms with E-state index in [-0.39, 0.29) is 92.2 Å². The van der Waals surface area contributed by atoms with Crippen molar-refractivity contribution in [2.75, 3.05) is 50.0 Å². The third-order valence-corrected chi connectivity index (χ3v) is 6.04. The molecule has 0 unspecified atom stereocenters. The van der Waals surface area contributed by atoms with Crippen molar-refractivity contribution in [1.29, 1.82) is 0 Å². The molecule has 0 radical (unpaired) electrons. The summed E-state index contributed by atoms with van der Waals surface area (Å²) in [7, 11) is -2.03. The molecular formula is C24H50ClI2NaO12S2. The van der Waals surface area contributed by atoms with Gasteiger partial charge in [-0.3, -0.25) is 4.18 Å². The van der Waals surface area contributed by atoms with Crippen LogP contribution in [0.2, 0.25) is 0 Å². The fraction of sp³-hybridized carbons (Fsp3) is 1.00. The zero-order chi connectivity index (χ0) is 30.5. The number of rotatable bonds is 8. The molecule has 3 heterocycles. The molecule has 0 aromatic rings. The summed E-state index contributed by atoms with van der Waals surface area (Å²) in [6.07, 6.45) is 4.58. The second-order valence-corrected chi connectivity index (χ2v) is 16.1. The Kier molecular flexibility index (Phi) is 28.8. The standard InChI is InChI=1S/C8H16O5S.C7H13IO2.C7H14O3.CH3ClO2S.CH4.HI.Na/c1-8(2)11-6-7(13-8)4-5-12-14(3,9)10;2*1-7(2)9-5-6(10-7)3-4-8;1-5(2,3)4;;;/h7H,4-6H2,1-3H3;6H,3-5H2,1-2H3;6,8H,3-5H2,1-2H3;1H3;1H4;1H;/q;;;;;;+1/p-1/t7-;2*6-;;;;/m000..../s1. The average molecular weight is 907 g/mol. The Bertz CT molecular complexity index is 873. The molecule has 252 valence electrons. The minimum Gasteiger partial charge on any atom is -1.00 e. The van der Waals surface area contributed by atoms with E-state index in [9.17, 15) is 16.8 Å². The van der Waals surface area contributed by atoms with Crippen LogP contribution in [0.15, 0.2) is 0 Å². The van der Waals surface area contributed by atoms with Gasteiger partial charge in [0.05, 0.1) is 57.3 Å². The molecule has 1 N–H and O–H groups in total. The van der Waals surface area contributed by atoms with E-state index in [2.05, 4.69) is 37.5 Å². The van der Waals surface area contributed by atoms with Crippen LogP contribution in [0.25, 0.3) is 0 Å². The van der Waals surface area contributed by atoms with E-state index in [1.807, 2.05) is 41.5 Å². The fourth-order valence-corrected chi connectivity index (χ4v) is 4.41. The summed E-state index contributed by atoms with van der Waals surface area (Å²) >= 11 is 2.35. The van der Waals surface area contributed by atoms with E-state index in [4.69, 9.17) is 33.5 Å². The maximum atomic E-state index is 10.6. The quantitative estimate of drug-likeness (QED) is 0.0928. The summed E-state index contributed by atoms with van der Waals surface area (Å²) in [4.78, 5) is 0. The van der Waals surface area contributed by atoms with E-state index in [1.165, 1.54) is 0 Å². The monoisotopic (exact) mass is 906 g/mol. The van der Waals surface area contributed by atoms with E-state index in [0.29, 0.717) is 32.2 Å². The van der Waals surface area contributed by atoms with Crippen LogP contribution in [0.4, 0.5) is 0 Å². The molecule has 0 aliphatic carbocycles. The first-order valence-corrected chi connectivity index (χ1v) is 18.5. The van der Waals surface area contributed by atoms with Gasteiger partial charge in [0, 0.05) is 28.1 Å². The van der Waals surface area contributed by atoms with Crippen molar-refractivity contribution in [2.45, 2.75) is 104 Å². The van der Waals surface area contributed by atoms with Gasteiger partial charge in [-0.15, -0.1) is 0 Å². The second-order valence-electron chi connectivity index (χ2n) is 10.3. The predicted octanol–water partition coefficient (Wildman–Crippen LogP) is -2.18. The van der Waals surface area contributed by atoms with Gasteiger partial charge >= 0.3 is 29.6 Å². The minimum atomic E-state index is -3.34. The molecule has 0 amide bonds.